The molecule has 1 saturated heterocycles. The lowest BCUT2D eigenvalue weighted by Crippen LogP contribution is -2.38. The number of benzene rings is 1. The van der Waals surface area contributed by atoms with Gasteiger partial charge >= 0.3 is 12.6 Å². The van der Waals surface area contributed by atoms with Crippen LogP contribution >= 0.6 is 18.2 Å². The van der Waals surface area contributed by atoms with Crippen LogP contribution in [0.15, 0.2) is 36.7 Å². The number of nitrogen functional groups attached to an aromatic ring is 1. The lowest BCUT2D eigenvalue weighted by atomic mass is 10.1. The molecule has 0 spiro atoms. The number of hydrogen-bond acceptors (Lipinski definition) is 12. The maximum Gasteiger partial charge on any atom is 0.323 e. The Labute approximate surface area is 238 Å². The van der Waals surface area contributed by atoms with E-state index in [1.165, 1.54) is 17.8 Å². The van der Waals surface area contributed by atoms with Crippen molar-refractivity contribution in [3.63, 3.8) is 0 Å². The Morgan fingerprint density at radius 1 is 1.40 bits per heavy atom. The summed E-state index contributed by atoms with van der Waals surface area (Å²) in [6.07, 6.45) is -3.44. The SMILES string of the molecule is CCOC(=O)[C@H](C)N[P@@](=S)(Oc1ccccc1)OC1[C@@]2(CCl)O[C@@H](n3cnc4c(NC)nc(N)nc43)[C@H](F)[C@@]12O. The molecule has 17 heteroatoms. The molecule has 1 aliphatic heterocycles. The molecule has 3 heterocycles. The van der Waals surface area contributed by atoms with Crippen LogP contribution in [0.4, 0.5) is 16.2 Å². The van der Waals surface area contributed by atoms with Gasteiger partial charge in [-0.3, -0.25) is 13.9 Å². The molecule has 2 aromatic heterocycles. The molecule has 216 valence electrons. The van der Waals surface area contributed by atoms with E-state index in [4.69, 9.17) is 47.7 Å². The predicted molar refractivity (Wildman–Crippen MR) is 148 cm³/mol. The van der Waals surface area contributed by atoms with E-state index >= 15 is 4.39 Å². The number of aromatic nitrogens is 4. The minimum absolute atomic E-state index is 0.0651. The maximum atomic E-state index is 16.1. The zero-order valence-electron chi connectivity index (χ0n) is 21.7. The van der Waals surface area contributed by atoms with Crippen molar-refractivity contribution in [1.29, 1.82) is 0 Å². The molecule has 1 unspecified atom stereocenters. The number of esters is 1. The van der Waals surface area contributed by atoms with E-state index in [1.807, 2.05) is 0 Å². The Morgan fingerprint density at radius 3 is 2.75 bits per heavy atom. The van der Waals surface area contributed by atoms with Gasteiger partial charge in [-0.15, -0.1) is 11.6 Å². The number of para-hydroxylation sites is 1. The molecule has 0 bridgehead atoms. The fourth-order valence-electron chi connectivity index (χ4n) is 4.77. The second-order valence-corrected chi connectivity index (χ2v) is 12.6. The third-order valence-corrected chi connectivity index (χ3v) is 9.61. The molecular weight excluding hydrogens is 588 g/mol. The van der Waals surface area contributed by atoms with Crippen molar-refractivity contribution < 1.29 is 32.8 Å². The van der Waals surface area contributed by atoms with Crippen LogP contribution in [0.3, 0.4) is 0 Å². The topological polar surface area (TPSA) is 168 Å². The largest absolute Gasteiger partial charge is 0.465 e. The Kier molecular flexibility index (Phi) is 7.68. The molecule has 13 nitrogen and oxygen atoms in total. The average molecular weight is 616 g/mol. The number of nitrogens with zero attached hydrogens (tertiary/aromatic N) is 4. The van der Waals surface area contributed by atoms with Gasteiger partial charge in [0.05, 0.1) is 18.8 Å². The summed E-state index contributed by atoms with van der Waals surface area (Å²) in [5, 5.41) is 17.3. The normalized spacial score (nSPS) is 29.4. The van der Waals surface area contributed by atoms with Gasteiger partial charge in [0, 0.05) is 7.05 Å². The summed E-state index contributed by atoms with van der Waals surface area (Å²) >= 11 is 12.0. The number of nitrogens with two attached hydrogens (primary N) is 1. The Morgan fingerprint density at radius 2 is 2.12 bits per heavy atom. The first kappa shape index (κ1) is 28.9. The van der Waals surface area contributed by atoms with Crippen molar-refractivity contribution in [3.05, 3.63) is 36.7 Å². The highest BCUT2D eigenvalue weighted by Crippen LogP contribution is 2.69. The smallest absolute Gasteiger partial charge is 0.323 e. The van der Waals surface area contributed by atoms with Gasteiger partial charge in [-0.25, -0.2) is 14.5 Å². The van der Waals surface area contributed by atoms with Gasteiger partial charge in [-0.2, -0.15) is 9.97 Å². The summed E-state index contributed by atoms with van der Waals surface area (Å²) < 4.78 is 40.7. The lowest BCUT2D eigenvalue weighted by molar-refractivity contribution is -0.144. The number of carbonyl (C=O) groups excluding carboxylic acids is 1. The zero-order valence-corrected chi connectivity index (χ0v) is 24.1. The van der Waals surface area contributed by atoms with Crippen molar-refractivity contribution >= 4 is 58.9 Å². The molecule has 5 N–H and O–H groups in total. The van der Waals surface area contributed by atoms with Crippen molar-refractivity contribution in [2.45, 2.75) is 49.6 Å². The number of alkyl halides is 2. The van der Waals surface area contributed by atoms with Crippen molar-refractivity contribution in [3.8, 4) is 5.75 Å². The van der Waals surface area contributed by atoms with Crippen molar-refractivity contribution in [2.24, 2.45) is 0 Å². The number of carbonyl (C=O) groups is 1. The molecule has 1 saturated carbocycles. The summed E-state index contributed by atoms with van der Waals surface area (Å²) in [6.45, 7) is -0.284. The Bertz CT molecular complexity index is 1470. The molecule has 2 fully saturated rings. The highest BCUT2D eigenvalue weighted by atomic mass is 35.5. The third-order valence-electron chi connectivity index (χ3n) is 6.77. The second-order valence-electron chi connectivity index (χ2n) is 9.25. The van der Waals surface area contributed by atoms with E-state index in [2.05, 4.69) is 25.4 Å². The lowest BCUT2D eigenvalue weighted by Gasteiger charge is -2.29. The van der Waals surface area contributed by atoms with Gasteiger partial charge in [0.15, 0.2) is 35.0 Å². The van der Waals surface area contributed by atoms with Gasteiger partial charge in [-0.1, -0.05) is 18.2 Å². The summed E-state index contributed by atoms with van der Waals surface area (Å²) in [5.74, 6) is -0.320. The molecule has 3 aromatic rings. The van der Waals surface area contributed by atoms with E-state index < -0.39 is 48.4 Å². The quantitative estimate of drug-likeness (QED) is 0.141. The molecule has 2 aliphatic rings. The van der Waals surface area contributed by atoms with Gasteiger partial charge < -0.3 is 30.2 Å². The van der Waals surface area contributed by atoms with E-state index in [-0.39, 0.29) is 24.1 Å². The maximum absolute atomic E-state index is 16.1. The number of halogens is 2. The molecule has 1 aromatic carbocycles. The number of fused-ring (bicyclic) bond motifs is 2. The molecule has 40 heavy (non-hydrogen) atoms. The van der Waals surface area contributed by atoms with Crippen LogP contribution in [0.2, 0.25) is 0 Å². The standard InChI is InChI=1S/C23H28ClFN7O6PS/c1-4-35-19(33)12(2)31-39(40,37-13-8-6-5-7-9-13)38-20-22(10-24)23(20,34)15(25)18(36-22)32-11-28-14-16(27-3)29-21(26)30-17(14)32/h5-9,11-12,15,18,20,34H,4,10H2,1-3H3,(H,31,40)(H3,26,27,29,30)/t12-,15-,18+,20?,22+,23+,39+/m0/s1. The summed E-state index contributed by atoms with van der Waals surface area (Å²) in [6, 6.07) is 7.57. The second kappa shape index (κ2) is 10.6. The third kappa shape index (κ3) is 4.59. The van der Waals surface area contributed by atoms with Gasteiger partial charge in [0.2, 0.25) is 5.95 Å². The monoisotopic (exact) mass is 615 g/mol. The van der Waals surface area contributed by atoms with E-state index in [9.17, 15) is 9.90 Å². The number of imidazole rings is 1. The molecular formula is C23H28ClFN7O6PS. The first-order valence-electron chi connectivity index (χ1n) is 12.3. The first-order chi connectivity index (χ1) is 19.0. The number of aliphatic hydroxyl groups is 1. The number of anilines is 2. The van der Waals surface area contributed by atoms with Crippen LogP contribution in [0.5, 0.6) is 5.75 Å². The fourth-order valence-corrected chi connectivity index (χ4v) is 7.92. The highest BCUT2D eigenvalue weighted by Gasteiger charge is 2.89. The van der Waals surface area contributed by atoms with Crippen molar-refractivity contribution in [2.75, 3.05) is 30.6 Å². The number of nitrogens with one attached hydrogen (secondary N) is 2. The minimum atomic E-state index is -3.63. The van der Waals surface area contributed by atoms with Crippen LogP contribution < -0.4 is 20.7 Å². The number of hydrogen-bond donors (Lipinski definition) is 4. The van der Waals surface area contributed by atoms with Crippen molar-refractivity contribution in [1.82, 2.24) is 24.6 Å². The average Bonchev–Trinajstić information content (AvgIpc) is 3.17. The van der Waals surface area contributed by atoms with Gasteiger partial charge in [0.25, 0.3) is 0 Å². The molecule has 0 amide bonds. The molecule has 7 atom stereocenters. The zero-order chi connectivity index (χ0) is 28.9. The molecule has 0 radical (unpaired) electrons. The van der Waals surface area contributed by atoms with Crippen LogP contribution in [-0.2, 0) is 30.6 Å². The summed E-state index contributed by atoms with van der Waals surface area (Å²) in [5.41, 5.74) is 2.44. The Hall–Kier alpha value is -2.65. The number of ether oxygens (including phenoxy) is 2. The summed E-state index contributed by atoms with van der Waals surface area (Å²) in [4.78, 5) is 24.8. The first-order valence-corrected chi connectivity index (χ1v) is 15.5. The summed E-state index contributed by atoms with van der Waals surface area (Å²) in [7, 11) is 1.63. The van der Waals surface area contributed by atoms with Crippen LogP contribution in [0.1, 0.15) is 20.1 Å². The fraction of sp³-hybridized carbons (Fsp3) is 0.478. The van der Waals surface area contributed by atoms with Crippen LogP contribution in [0.25, 0.3) is 11.2 Å². The predicted octanol–water partition coefficient (Wildman–Crippen LogP) is 2.27. The van der Waals surface area contributed by atoms with E-state index in [0.29, 0.717) is 17.1 Å². The van der Waals surface area contributed by atoms with E-state index in [1.54, 1.807) is 44.3 Å². The molecule has 5 rings (SSSR count). The number of rotatable bonds is 11. The highest BCUT2D eigenvalue weighted by molar-refractivity contribution is 8.09. The Balaban J connectivity index is 1.44. The van der Waals surface area contributed by atoms with Crippen LogP contribution in [0, 0.1) is 0 Å². The minimum Gasteiger partial charge on any atom is -0.465 e. The van der Waals surface area contributed by atoms with Gasteiger partial charge in [-0.05, 0) is 37.8 Å². The molecule has 1 aliphatic carbocycles. The van der Waals surface area contributed by atoms with Gasteiger partial charge in [0.1, 0.15) is 23.5 Å². The van der Waals surface area contributed by atoms with E-state index in [0.717, 1.165) is 0 Å². The van der Waals surface area contributed by atoms with Crippen LogP contribution in [-0.4, -0.2) is 79.6 Å².